The third-order valence-electron chi connectivity index (χ3n) is 5.13. The van der Waals surface area contributed by atoms with Crippen LogP contribution in [-0.2, 0) is 6.42 Å². The fourth-order valence-electron chi connectivity index (χ4n) is 3.66. The minimum atomic E-state index is -0.502. The predicted molar refractivity (Wildman–Crippen MR) is 104 cm³/mol. The molecule has 0 saturated carbocycles. The molecule has 142 valence electrons. The molecule has 1 saturated heterocycles. The number of carbonyl (C=O) groups is 2. The molecule has 1 aliphatic rings. The molecule has 4 N–H and O–H groups in total. The van der Waals surface area contributed by atoms with Gasteiger partial charge in [-0.2, -0.15) is 0 Å². The van der Waals surface area contributed by atoms with Gasteiger partial charge in [-0.3, -0.25) is 4.79 Å². The zero-order valence-electron chi connectivity index (χ0n) is 15.2. The van der Waals surface area contributed by atoms with Gasteiger partial charge in [0.05, 0.1) is 6.61 Å². The van der Waals surface area contributed by atoms with Crippen LogP contribution in [0, 0.1) is 5.41 Å². The van der Waals surface area contributed by atoms with E-state index in [2.05, 4.69) is 17.4 Å². The molecule has 1 heterocycles. The number of rotatable bonds is 5. The summed E-state index contributed by atoms with van der Waals surface area (Å²) in [5.41, 5.74) is 7.07. The summed E-state index contributed by atoms with van der Waals surface area (Å²) in [6, 6.07) is 16.3. The third kappa shape index (κ3) is 4.65. The number of aliphatic hydroxyl groups is 1. The van der Waals surface area contributed by atoms with E-state index in [1.54, 1.807) is 29.2 Å². The van der Waals surface area contributed by atoms with Crippen LogP contribution in [0.25, 0.3) is 0 Å². The van der Waals surface area contributed by atoms with Crippen LogP contribution < -0.4 is 11.1 Å². The molecular formula is C21H25N3O3. The Bertz CT molecular complexity index is 792. The van der Waals surface area contributed by atoms with Gasteiger partial charge in [-0.15, -0.1) is 0 Å². The zero-order chi connectivity index (χ0) is 19.3. The highest BCUT2D eigenvalue weighted by atomic mass is 16.3. The second-order valence-corrected chi connectivity index (χ2v) is 7.22. The van der Waals surface area contributed by atoms with E-state index in [-0.39, 0.29) is 18.1 Å². The summed E-state index contributed by atoms with van der Waals surface area (Å²) in [4.78, 5) is 25.6. The fraction of sp³-hybridized carbons (Fsp3) is 0.333. The summed E-state index contributed by atoms with van der Waals surface area (Å²) in [6.07, 6.45) is 2.47. The number of nitrogens with zero attached hydrogens (tertiary/aromatic N) is 1. The van der Waals surface area contributed by atoms with Gasteiger partial charge >= 0.3 is 6.03 Å². The van der Waals surface area contributed by atoms with Crippen LogP contribution >= 0.6 is 0 Å². The van der Waals surface area contributed by atoms with Crippen LogP contribution in [0.3, 0.4) is 0 Å². The van der Waals surface area contributed by atoms with Crippen molar-refractivity contribution in [2.45, 2.75) is 19.3 Å². The lowest BCUT2D eigenvalue weighted by Crippen LogP contribution is -2.50. The van der Waals surface area contributed by atoms with Gasteiger partial charge in [-0.25, -0.2) is 4.79 Å². The van der Waals surface area contributed by atoms with Crippen LogP contribution in [0.5, 0.6) is 0 Å². The maximum absolute atomic E-state index is 12.7. The van der Waals surface area contributed by atoms with Crippen LogP contribution in [0.1, 0.15) is 28.8 Å². The first-order valence-corrected chi connectivity index (χ1v) is 9.12. The molecule has 1 aliphatic heterocycles. The number of benzene rings is 2. The van der Waals surface area contributed by atoms with E-state index >= 15 is 0 Å². The van der Waals surface area contributed by atoms with E-state index in [0.717, 1.165) is 24.8 Å². The topological polar surface area (TPSA) is 95.7 Å². The Hall–Kier alpha value is -2.86. The first-order chi connectivity index (χ1) is 13.0. The Labute approximate surface area is 159 Å². The minimum Gasteiger partial charge on any atom is -0.396 e. The highest BCUT2D eigenvalue weighted by Crippen LogP contribution is 2.33. The van der Waals surface area contributed by atoms with Crippen molar-refractivity contribution in [3.8, 4) is 0 Å². The molecule has 1 atom stereocenters. The van der Waals surface area contributed by atoms with Crippen molar-refractivity contribution in [2.24, 2.45) is 11.1 Å². The molecule has 3 rings (SSSR count). The van der Waals surface area contributed by atoms with Gasteiger partial charge in [0.25, 0.3) is 0 Å². The molecule has 0 spiro atoms. The molecule has 6 nitrogen and oxygen atoms in total. The minimum absolute atomic E-state index is 0.0407. The van der Waals surface area contributed by atoms with Gasteiger partial charge in [0.15, 0.2) is 0 Å². The van der Waals surface area contributed by atoms with E-state index in [9.17, 15) is 14.7 Å². The number of amides is 3. The first kappa shape index (κ1) is 18.9. The maximum Gasteiger partial charge on any atom is 0.321 e. The lowest BCUT2D eigenvalue weighted by atomic mass is 9.76. The van der Waals surface area contributed by atoms with Crippen molar-refractivity contribution in [1.82, 2.24) is 4.90 Å². The maximum atomic E-state index is 12.7. The molecule has 0 aromatic heterocycles. The molecule has 27 heavy (non-hydrogen) atoms. The molecule has 2 aromatic carbocycles. The zero-order valence-corrected chi connectivity index (χ0v) is 15.2. The lowest BCUT2D eigenvalue weighted by molar-refractivity contribution is 0.0500. The van der Waals surface area contributed by atoms with Gasteiger partial charge < -0.3 is 21.1 Å². The van der Waals surface area contributed by atoms with Gasteiger partial charge in [-0.1, -0.05) is 30.3 Å². The molecule has 1 fully saturated rings. The normalized spacial score (nSPS) is 19.5. The Morgan fingerprint density at radius 1 is 1.11 bits per heavy atom. The van der Waals surface area contributed by atoms with Crippen LogP contribution in [0.15, 0.2) is 54.6 Å². The first-order valence-electron chi connectivity index (χ1n) is 9.12. The number of anilines is 1. The van der Waals surface area contributed by atoms with E-state index < -0.39 is 5.91 Å². The number of hydrogen-bond acceptors (Lipinski definition) is 3. The number of aliphatic hydroxyl groups excluding tert-OH is 1. The van der Waals surface area contributed by atoms with Crippen molar-refractivity contribution in [3.63, 3.8) is 0 Å². The summed E-state index contributed by atoms with van der Waals surface area (Å²) in [5, 5.41) is 12.9. The van der Waals surface area contributed by atoms with Crippen molar-refractivity contribution in [3.05, 3.63) is 65.7 Å². The monoisotopic (exact) mass is 367 g/mol. The second-order valence-electron chi connectivity index (χ2n) is 7.22. The Balaban J connectivity index is 1.67. The van der Waals surface area contributed by atoms with Crippen molar-refractivity contribution < 1.29 is 14.7 Å². The Morgan fingerprint density at radius 2 is 1.81 bits per heavy atom. The molecule has 3 amide bonds. The number of urea groups is 1. The summed E-state index contributed by atoms with van der Waals surface area (Å²) in [7, 11) is 0. The average Bonchev–Trinajstić information content (AvgIpc) is 2.69. The summed E-state index contributed by atoms with van der Waals surface area (Å²) < 4.78 is 0. The summed E-state index contributed by atoms with van der Waals surface area (Å²) in [5.74, 6) is -0.502. The largest absolute Gasteiger partial charge is 0.396 e. The van der Waals surface area contributed by atoms with E-state index in [4.69, 9.17) is 5.73 Å². The standard InChI is InChI=1S/C21H25N3O3/c22-19(26)17-7-9-18(10-8-17)23-20(27)24-12-4-11-21(14-24,15-25)13-16-5-2-1-3-6-16/h1-3,5-10,25H,4,11-15H2,(H2,22,26)(H,23,27). The third-order valence-corrected chi connectivity index (χ3v) is 5.13. The SMILES string of the molecule is NC(=O)c1ccc(NC(=O)N2CCCC(CO)(Cc3ccccc3)C2)cc1. The number of nitrogens with two attached hydrogens (primary N) is 1. The van der Waals surface area contributed by atoms with Crippen LogP contribution in [0.2, 0.25) is 0 Å². The summed E-state index contributed by atoms with van der Waals surface area (Å²) in [6.45, 7) is 1.20. The second kappa shape index (κ2) is 8.22. The number of likely N-dealkylation sites (tertiary alicyclic amines) is 1. The predicted octanol–water partition coefficient (Wildman–Crippen LogP) is 2.63. The van der Waals surface area contributed by atoms with Gasteiger partial charge in [0, 0.05) is 29.8 Å². The van der Waals surface area contributed by atoms with Crippen molar-refractivity contribution in [1.29, 1.82) is 0 Å². The average molecular weight is 367 g/mol. The number of hydrogen-bond donors (Lipinski definition) is 3. The van der Waals surface area contributed by atoms with E-state index in [1.165, 1.54) is 0 Å². The summed E-state index contributed by atoms with van der Waals surface area (Å²) >= 11 is 0. The molecule has 6 heteroatoms. The van der Waals surface area contributed by atoms with Crippen molar-refractivity contribution >= 4 is 17.6 Å². The molecular weight excluding hydrogens is 342 g/mol. The number of nitrogens with one attached hydrogen (secondary N) is 1. The van der Waals surface area contributed by atoms with E-state index in [1.807, 2.05) is 18.2 Å². The smallest absolute Gasteiger partial charge is 0.321 e. The van der Waals surface area contributed by atoms with E-state index in [0.29, 0.717) is 24.3 Å². The number of piperidine rings is 1. The fourth-order valence-corrected chi connectivity index (χ4v) is 3.66. The van der Waals surface area contributed by atoms with Gasteiger partial charge in [0.2, 0.25) is 5.91 Å². The Morgan fingerprint density at radius 3 is 2.44 bits per heavy atom. The number of primary amides is 1. The lowest BCUT2D eigenvalue weighted by Gasteiger charge is -2.42. The van der Waals surface area contributed by atoms with Crippen molar-refractivity contribution in [2.75, 3.05) is 25.0 Å². The van der Waals surface area contributed by atoms with Gasteiger partial charge in [-0.05, 0) is 49.1 Å². The quantitative estimate of drug-likeness (QED) is 0.758. The van der Waals surface area contributed by atoms with Crippen LogP contribution in [-0.4, -0.2) is 41.6 Å². The van der Waals surface area contributed by atoms with Crippen LogP contribution in [0.4, 0.5) is 10.5 Å². The highest BCUT2D eigenvalue weighted by Gasteiger charge is 2.36. The molecule has 0 radical (unpaired) electrons. The molecule has 2 aromatic rings. The molecule has 0 bridgehead atoms. The molecule has 1 unspecified atom stereocenters. The molecule has 0 aliphatic carbocycles. The Kier molecular flexibility index (Phi) is 5.76. The number of carbonyl (C=O) groups excluding carboxylic acids is 2. The van der Waals surface area contributed by atoms with Gasteiger partial charge in [0.1, 0.15) is 0 Å². The highest BCUT2D eigenvalue weighted by molar-refractivity contribution is 5.94.